The lowest BCUT2D eigenvalue weighted by Gasteiger charge is -2.20. The lowest BCUT2D eigenvalue weighted by molar-refractivity contribution is 0.170. The van der Waals surface area contributed by atoms with Gasteiger partial charge in [-0.2, -0.15) is 0 Å². The van der Waals surface area contributed by atoms with Crippen LogP contribution in [-0.4, -0.2) is 27.9 Å². The summed E-state index contributed by atoms with van der Waals surface area (Å²) in [5.74, 6) is 1.40. The number of hydrogen-bond acceptors (Lipinski definition) is 6. The summed E-state index contributed by atoms with van der Waals surface area (Å²) in [6.45, 7) is 3.10. The van der Waals surface area contributed by atoms with E-state index in [1.807, 2.05) is 25.1 Å². The van der Waals surface area contributed by atoms with E-state index in [0.717, 1.165) is 28.3 Å². The van der Waals surface area contributed by atoms with Gasteiger partial charge in [0.2, 0.25) is 0 Å². The van der Waals surface area contributed by atoms with Gasteiger partial charge in [-0.05, 0) is 35.6 Å². The predicted octanol–water partition coefficient (Wildman–Crippen LogP) is 1.95. The highest BCUT2D eigenvalue weighted by Gasteiger charge is 2.20. The molecule has 0 radical (unpaired) electrons. The molecule has 1 N–H and O–H groups in total. The molecule has 0 fully saturated rings. The summed E-state index contributed by atoms with van der Waals surface area (Å²) in [5.41, 5.74) is 1.61. The molecule has 5 nitrogen and oxygen atoms in total. The lowest BCUT2D eigenvalue weighted by Crippen LogP contribution is -2.15. The van der Waals surface area contributed by atoms with Crippen molar-refractivity contribution in [3.05, 3.63) is 34.3 Å². The normalized spacial score (nSPS) is 15.3. The Morgan fingerprint density at radius 1 is 1.32 bits per heavy atom. The van der Waals surface area contributed by atoms with Crippen molar-refractivity contribution in [1.82, 2.24) is 9.59 Å². The fourth-order valence-corrected chi connectivity index (χ4v) is 2.80. The van der Waals surface area contributed by atoms with E-state index >= 15 is 0 Å². The minimum atomic E-state index is -0.717. The maximum atomic E-state index is 10.4. The number of benzene rings is 1. The first kappa shape index (κ1) is 12.4. The van der Waals surface area contributed by atoms with Gasteiger partial charge in [0.25, 0.3) is 0 Å². The Labute approximate surface area is 115 Å². The van der Waals surface area contributed by atoms with Gasteiger partial charge in [0, 0.05) is 0 Å². The monoisotopic (exact) mass is 278 g/mol. The van der Waals surface area contributed by atoms with Crippen LogP contribution in [0.4, 0.5) is 0 Å². The van der Waals surface area contributed by atoms with Crippen molar-refractivity contribution in [2.45, 2.75) is 19.4 Å². The number of hydrogen-bond donors (Lipinski definition) is 1. The van der Waals surface area contributed by atoms with Gasteiger partial charge in [0.1, 0.15) is 19.3 Å². The maximum Gasteiger partial charge on any atom is 0.161 e. The molecule has 6 heteroatoms. The van der Waals surface area contributed by atoms with E-state index in [1.165, 1.54) is 11.5 Å². The van der Waals surface area contributed by atoms with Crippen molar-refractivity contribution in [3.8, 4) is 11.5 Å². The molecule has 2 aromatic rings. The third-order valence-corrected chi connectivity index (χ3v) is 3.87. The van der Waals surface area contributed by atoms with Crippen LogP contribution in [0.3, 0.4) is 0 Å². The molecule has 0 saturated carbocycles. The number of aliphatic hydroxyl groups excluding tert-OH is 1. The molecule has 0 bridgehead atoms. The molecular weight excluding hydrogens is 264 g/mol. The first-order chi connectivity index (χ1) is 9.29. The first-order valence-electron chi connectivity index (χ1n) is 6.18. The van der Waals surface area contributed by atoms with Gasteiger partial charge in [-0.1, -0.05) is 17.5 Å². The van der Waals surface area contributed by atoms with Crippen LogP contribution >= 0.6 is 11.5 Å². The zero-order valence-corrected chi connectivity index (χ0v) is 11.3. The van der Waals surface area contributed by atoms with Crippen molar-refractivity contribution >= 4 is 11.5 Å². The average Bonchev–Trinajstić information content (AvgIpc) is 2.94. The number of fused-ring (bicyclic) bond motifs is 1. The summed E-state index contributed by atoms with van der Waals surface area (Å²) in [4.78, 5) is 0.791. The quantitative estimate of drug-likeness (QED) is 0.929. The first-order valence-corrected chi connectivity index (χ1v) is 6.95. The molecule has 1 aromatic carbocycles. The fourth-order valence-electron chi connectivity index (χ4n) is 2.05. The Morgan fingerprint density at radius 2 is 2.11 bits per heavy atom. The smallest absolute Gasteiger partial charge is 0.161 e. The molecule has 1 aliphatic rings. The third-order valence-electron chi connectivity index (χ3n) is 3.05. The van der Waals surface area contributed by atoms with Crippen LogP contribution in [-0.2, 0) is 6.42 Å². The number of aromatic nitrogens is 2. The molecule has 3 rings (SSSR count). The Balaban J connectivity index is 1.93. The van der Waals surface area contributed by atoms with Crippen LogP contribution in [0.25, 0.3) is 0 Å². The van der Waals surface area contributed by atoms with Crippen LogP contribution in [0, 0.1) is 0 Å². The van der Waals surface area contributed by atoms with E-state index in [4.69, 9.17) is 9.47 Å². The van der Waals surface area contributed by atoms with Gasteiger partial charge in [0.15, 0.2) is 11.5 Å². The second-order valence-corrected chi connectivity index (χ2v) is 5.03. The lowest BCUT2D eigenvalue weighted by atomic mass is 10.1. The van der Waals surface area contributed by atoms with E-state index in [0.29, 0.717) is 19.0 Å². The van der Waals surface area contributed by atoms with Crippen molar-refractivity contribution in [1.29, 1.82) is 0 Å². The Bertz CT molecular complexity index is 585. The van der Waals surface area contributed by atoms with Crippen LogP contribution < -0.4 is 9.47 Å². The second-order valence-electron chi connectivity index (χ2n) is 4.24. The Morgan fingerprint density at radius 3 is 2.89 bits per heavy atom. The highest BCUT2D eigenvalue weighted by atomic mass is 32.1. The van der Waals surface area contributed by atoms with Crippen LogP contribution in [0.2, 0.25) is 0 Å². The molecule has 2 heterocycles. The summed E-state index contributed by atoms with van der Waals surface area (Å²) in [6.07, 6.45) is 0.0405. The zero-order chi connectivity index (χ0) is 13.2. The van der Waals surface area contributed by atoms with E-state index < -0.39 is 6.10 Å². The minimum absolute atomic E-state index is 0.537. The summed E-state index contributed by atoms with van der Waals surface area (Å²) in [7, 11) is 0. The van der Waals surface area contributed by atoms with Gasteiger partial charge in [-0.25, -0.2) is 0 Å². The number of ether oxygens (including phenoxy) is 2. The number of nitrogens with zero attached hydrogens (tertiary/aromatic N) is 2. The standard InChI is InChI=1S/C13H14N2O3S/c1-2-9-13(19-15-14-9)12(16)8-3-4-10-11(7-8)18-6-5-17-10/h3-4,7,12,16H,2,5-6H2,1H3. The molecule has 0 spiro atoms. The molecule has 0 aliphatic carbocycles. The largest absolute Gasteiger partial charge is 0.486 e. The Kier molecular flexibility index (Phi) is 3.35. The maximum absolute atomic E-state index is 10.4. The summed E-state index contributed by atoms with van der Waals surface area (Å²) in [6, 6.07) is 5.49. The van der Waals surface area contributed by atoms with Crippen molar-refractivity contribution in [2.75, 3.05) is 13.2 Å². The summed E-state index contributed by atoms with van der Waals surface area (Å²) >= 11 is 1.23. The predicted molar refractivity (Wildman–Crippen MR) is 70.8 cm³/mol. The average molecular weight is 278 g/mol. The minimum Gasteiger partial charge on any atom is -0.486 e. The molecule has 19 heavy (non-hydrogen) atoms. The van der Waals surface area contributed by atoms with Crippen molar-refractivity contribution in [3.63, 3.8) is 0 Å². The molecule has 1 aliphatic heterocycles. The molecule has 0 amide bonds. The van der Waals surface area contributed by atoms with Crippen LogP contribution in [0.1, 0.15) is 29.2 Å². The molecular formula is C13H14N2O3S. The molecule has 1 unspecified atom stereocenters. The number of aliphatic hydroxyl groups is 1. The van der Waals surface area contributed by atoms with Gasteiger partial charge in [0.05, 0.1) is 10.6 Å². The SMILES string of the molecule is CCc1nnsc1C(O)c1ccc2c(c1)OCCO2. The highest BCUT2D eigenvalue weighted by Crippen LogP contribution is 2.35. The topological polar surface area (TPSA) is 64.5 Å². The van der Waals surface area contributed by atoms with Gasteiger partial charge < -0.3 is 14.6 Å². The van der Waals surface area contributed by atoms with Gasteiger partial charge >= 0.3 is 0 Å². The van der Waals surface area contributed by atoms with E-state index in [1.54, 1.807) is 0 Å². The second kappa shape index (κ2) is 5.14. The van der Waals surface area contributed by atoms with Gasteiger partial charge in [-0.3, -0.25) is 0 Å². The molecule has 100 valence electrons. The van der Waals surface area contributed by atoms with Crippen molar-refractivity contribution in [2.24, 2.45) is 0 Å². The highest BCUT2D eigenvalue weighted by molar-refractivity contribution is 7.05. The molecule has 1 aromatic heterocycles. The van der Waals surface area contributed by atoms with Crippen LogP contribution in [0.5, 0.6) is 11.5 Å². The van der Waals surface area contributed by atoms with E-state index in [-0.39, 0.29) is 0 Å². The zero-order valence-electron chi connectivity index (χ0n) is 10.5. The fraction of sp³-hybridized carbons (Fsp3) is 0.385. The molecule has 0 saturated heterocycles. The number of aryl methyl sites for hydroxylation is 1. The summed E-state index contributed by atoms with van der Waals surface area (Å²) in [5, 5.41) is 14.4. The van der Waals surface area contributed by atoms with Crippen LogP contribution in [0.15, 0.2) is 18.2 Å². The Hall–Kier alpha value is -1.66. The van der Waals surface area contributed by atoms with Gasteiger partial charge in [-0.15, -0.1) is 5.10 Å². The van der Waals surface area contributed by atoms with E-state index in [9.17, 15) is 5.11 Å². The number of rotatable bonds is 3. The summed E-state index contributed by atoms with van der Waals surface area (Å²) < 4.78 is 14.9. The van der Waals surface area contributed by atoms with Crippen molar-refractivity contribution < 1.29 is 14.6 Å². The molecule has 1 atom stereocenters. The van der Waals surface area contributed by atoms with E-state index in [2.05, 4.69) is 9.59 Å². The third kappa shape index (κ3) is 2.29.